The third-order valence-corrected chi connectivity index (χ3v) is 2.51. The van der Waals surface area contributed by atoms with Crippen LogP contribution in [0, 0.1) is 0 Å². The van der Waals surface area contributed by atoms with Crippen molar-refractivity contribution in [2.24, 2.45) is 5.73 Å². The second-order valence-electron chi connectivity index (χ2n) is 2.33. The Labute approximate surface area is 62.4 Å². The van der Waals surface area contributed by atoms with Crippen molar-refractivity contribution in [3.63, 3.8) is 0 Å². The Kier molecular flexibility index (Phi) is 6.65. The molecule has 0 heterocycles. The molecular weight excluding hydrogens is 130 g/mol. The maximum absolute atomic E-state index is 5.35. The van der Waals surface area contributed by atoms with Crippen LogP contribution in [0.1, 0.15) is 26.2 Å². The second-order valence-corrected chi connectivity index (χ2v) is 3.61. The van der Waals surface area contributed by atoms with Gasteiger partial charge in [-0.2, -0.15) is 11.8 Å². The zero-order valence-corrected chi connectivity index (χ0v) is 7.21. The van der Waals surface area contributed by atoms with Crippen LogP contribution in [0.25, 0.3) is 0 Å². The molecule has 0 aromatic rings. The van der Waals surface area contributed by atoms with E-state index in [0.717, 1.165) is 11.8 Å². The minimum absolute atomic E-state index is 0.816. The molecule has 0 aliphatic heterocycles. The third kappa shape index (κ3) is 6.19. The largest absolute Gasteiger partial charge is 0.330 e. The molecule has 0 bridgehead atoms. The lowest BCUT2D eigenvalue weighted by molar-refractivity contribution is 0.684. The first kappa shape index (κ1) is 9.31. The van der Waals surface area contributed by atoms with Crippen LogP contribution < -0.4 is 5.73 Å². The van der Waals surface area contributed by atoms with Crippen LogP contribution >= 0.6 is 11.8 Å². The van der Waals surface area contributed by atoms with Crippen LogP contribution in [0.5, 0.6) is 0 Å². The molecule has 9 heavy (non-hydrogen) atoms. The molecule has 0 aromatic heterocycles. The summed E-state index contributed by atoms with van der Waals surface area (Å²) in [5, 5.41) is 0.816. The lowest BCUT2D eigenvalue weighted by atomic mass is 10.2. The van der Waals surface area contributed by atoms with Gasteiger partial charge in [0, 0.05) is 5.25 Å². The van der Waals surface area contributed by atoms with E-state index < -0.39 is 0 Å². The Balaban J connectivity index is 2.88. The summed E-state index contributed by atoms with van der Waals surface area (Å²) in [5.41, 5.74) is 5.35. The quantitative estimate of drug-likeness (QED) is 0.601. The zero-order valence-electron chi connectivity index (χ0n) is 6.39. The first-order valence-electron chi connectivity index (χ1n) is 3.54. The molecule has 0 saturated carbocycles. The summed E-state index contributed by atoms with van der Waals surface area (Å²) in [6.07, 6.45) is 5.95. The SMILES string of the molecule is CSC(C)CCCCN. The molecule has 56 valence electrons. The molecule has 1 unspecified atom stereocenters. The van der Waals surface area contributed by atoms with Gasteiger partial charge in [0.05, 0.1) is 0 Å². The van der Waals surface area contributed by atoms with E-state index in [1.165, 1.54) is 19.3 Å². The molecule has 1 nitrogen and oxygen atoms in total. The highest BCUT2D eigenvalue weighted by Gasteiger charge is 1.96. The maximum atomic E-state index is 5.35. The molecule has 0 radical (unpaired) electrons. The Hall–Kier alpha value is 0.310. The fourth-order valence-corrected chi connectivity index (χ4v) is 1.10. The fraction of sp³-hybridized carbons (Fsp3) is 1.00. The molecule has 0 saturated heterocycles. The van der Waals surface area contributed by atoms with Gasteiger partial charge in [0.1, 0.15) is 0 Å². The lowest BCUT2D eigenvalue weighted by Gasteiger charge is -2.05. The highest BCUT2D eigenvalue weighted by atomic mass is 32.2. The lowest BCUT2D eigenvalue weighted by Crippen LogP contribution is -2.00. The number of thioether (sulfide) groups is 1. The van der Waals surface area contributed by atoms with Crippen molar-refractivity contribution in [1.29, 1.82) is 0 Å². The third-order valence-electron chi connectivity index (χ3n) is 1.47. The van der Waals surface area contributed by atoms with Crippen molar-refractivity contribution in [1.82, 2.24) is 0 Å². The van der Waals surface area contributed by atoms with Crippen LogP contribution in [0.3, 0.4) is 0 Å². The Bertz CT molecular complexity index is 56.9. The van der Waals surface area contributed by atoms with E-state index in [2.05, 4.69) is 13.2 Å². The topological polar surface area (TPSA) is 26.0 Å². The van der Waals surface area contributed by atoms with E-state index in [9.17, 15) is 0 Å². The minimum atomic E-state index is 0.816. The number of hydrogen-bond donors (Lipinski definition) is 1. The summed E-state index contributed by atoms with van der Waals surface area (Å²) in [7, 11) is 0. The van der Waals surface area contributed by atoms with Crippen LogP contribution in [0.2, 0.25) is 0 Å². The molecule has 0 fully saturated rings. The monoisotopic (exact) mass is 147 g/mol. The summed E-state index contributed by atoms with van der Waals surface area (Å²) < 4.78 is 0. The minimum Gasteiger partial charge on any atom is -0.330 e. The average molecular weight is 147 g/mol. The number of rotatable bonds is 5. The molecular formula is C7H17NS. The van der Waals surface area contributed by atoms with Gasteiger partial charge >= 0.3 is 0 Å². The van der Waals surface area contributed by atoms with Crippen molar-refractivity contribution in [2.45, 2.75) is 31.4 Å². The average Bonchev–Trinajstić information content (AvgIpc) is 1.89. The van der Waals surface area contributed by atoms with Crippen LogP contribution in [-0.2, 0) is 0 Å². The normalized spacial score (nSPS) is 13.7. The van der Waals surface area contributed by atoms with Gasteiger partial charge in [-0.1, -0.05) is 13.3 Å². The molecule has 0 rings (SSSR count). The highest BCUT2D eigenvalue weighted by Crippen LogP contribution is 2.12. The van der Waals surface area contributed by atoms with E-state index in [1.807, 2.05) is 11.8 Å². The predicted octanol–water partition coefficient (Wildman–Crippen LogP) is 1.87. The van der Waals surface area contributed by atoms with Crippen LogP contribution in [-0.4, -0.2) is 18.1 Å². The van der Waals surface area contributed by atoms with E-state index in [-0.39, 0.29) is 0 Å². The molecule has 0 aliphatic rings. The van der Waals surface area contributed by atoms with Gasteiger partial charge in [0.2, 0.25) is 0 Å². The standard InChI is InChI=1S/C7H17NS/c1-7(9-2)5-3-4-6-8/h7H,3-6,8H2,1-2H3. The van der Waals surface area contributed by atoms with Gasteiger partial charge in [-0.25, -0.2) is 0 Å². The van der Waals surface area contributed by atoms with E-state index in [1.54, 1.807) is 0 Å². The summed E-state index contributed by atoms with van der Waals surface area (Å²) in [6.45, 7) is 3.11. The van der Waals surface area contributed by atoms with Gasteiger partial charge in [-0.05, 0) is 25.6 Å². The molecule has 2 N–H and O–H groups in total. The molecule has 0 amide bonds. The number of nitrogens with two attached hydrogens (primary N) is 1. The maximum Gasteiger partial charge on any atom is 0.00159 e. The van der Waals surface area contributed by atoms with Gasteiger partial charge in [0.15, 0.2) is 0 Å². The van der Waals surface area contributed by atoms with Crippen molar-refractivity contribution >= 4 is 11.8 Å². The Morgan fingerprint density at radius 1 is 1.44 bits per heavy atom. The summed E-state index contributed by atoms with van der Waals surface area (Å²) in [6, 6.07) is 0. The van der Waals surface area contributed by atoms with Crippen LogP contribution in [0.15, 0.2) is 0 Å². The Morgan fingerprint density at radius 2 is 2.11 bits per heavy atom. The van der Waals surface area contributed by atoms with E-state index >= 15 is 0 Å². The molecule has 2 heteroatoms. The smallest absolute Gasteiger partial charge is 0.00159 e. The first-order chi connectivity index (χ1) is 4.31. The summed E-state index contributed by atoms with van der Waals surface area (Å²) in [5.74, 6) is 0. The second kappa shape index (κ2) is 6.43. The van der Waals surface area contributed by atoms with Crippen molar-refractivity contribution in [3.8, 4) is 0 Å². The highest BCUT2D eigenvalue weighted by molar-refractivity contribution is 7.99. The number of unbranched alkanes of at least 4 members (excludes halogenated alkanes) is 1. The van der Waals surface area contributed by atoms with Crippen molar-refractivity contribution < 1.29 is 0 Å². The van der Waals surface area contributed by atoms with Crippen LogP contribution in [0.4, 0.5) is 0 Å². The van der Waals surface area contributed by atoms with Crippen molar-refractivity contribution in [3.05, 3.63) is 0 Å². The summed E-state index contributed by atoms with van der Waals surface area (Å²) >= 11 is 1.93. The molecule has 0 aromatic carbocycles. The van der Waals surface area contributed by atoms with Crippen molar-refractivity contribution in [2.75, 3.05) is 12.8 Å². The Morgan fingerprint density at radius 3 is 2.56 bits per heavy atom. The summed E-state index contributed by atoms with van der Waals surface area (Å²) in [4.78, 5) is 0. The first-order valence-corrected chi connectivity index (χ1v) is 4.83. The molecule has 1 atom stereocenters. The predicted molar refractivity (Wildman–Crippen MR) is 45.9 cm³/mol. The zero-order chi connectivity index (χ0) is 7.11. The number of hydrogen-bond acceptors (Lipinski definition) is 2. The van der Waals surface area contributed by atoms with E-state index in [0.29, 0.717) is 0 Å². The van der Waals surface area contributed by atoms with Gasteiger partial charge < -0.3 is 5.73 Å². The van der Waals surface area contributed by atoms with Gasteiger partial charge in [0.25, 0.3) is 0 Å². The van der Waals surface area contributed by atoms with E-state index in [4.69, 9.17) is 5.73 Å². The van der Waals surface area contributed by atoms with Gasteiger partial charge in [-0.3, -0.25) is 0 Å². The fourth-order valence-electron chi connectivity index (χ4n) is 0.694. The van der Waals surface area contributed by atoms with Gasteiger partial charge in [-0.15, -0.1) is 0 Å². The molecule has 0 spiro atoms. The molecule has 0 aliphatic carbocycles.